The Morgan fingerprint density at radius 3 is 3.13 bits per heavy atom. The highest BCUT2D eigenvalue weighted by Crippen LogP contribution is 2.13. The van der Waals surface area contributed by atoms with Crippen LogP contribution in [0, 0.1) is 0 Å². The molecule has 2 aromatic rings. The standard InChI is InChI=1S/C7H6N4O3S/c12-6(13)3-15-5-2-1-4-8-9-7(14)11(4)10-5/h1-2H,3H2,(H,9,14)(H,12,13). The van der Waals surface area contributed by atoms with Crippen molar-refractivity contribution < 1.29 is 9.90 Å². The van der Waals surface area contributed by atoms with E-state index in [0.717, 1.165) is 16.3 Å². The summed E-state index contributed by atoms with van der Waals surface area (Å²) in [7, 11) is 0. The highest BCUT2D eigenvalue weighted by atomic mass is 32.2. The third kappa shape index (κ3) is 1.99. The maximum absolute atomic E-state index is 11.1. The van der Waals surface area contributed by atoms with Crippen LogP contribution in [-0.4, -0.2) is 36.6 Å². The molecule has 0 saturated carbocycles. The maximum Gasteiger partial charge on any atom is 0.364 e. The summed E-state index contributed by atoms with van der Waals surface area (Å²) >= 11 is 1.04. The first-order chi connectivity index (χ1) is 7.16. The van der Waals surface area contributed by atoms with Gasteiger partial charge in [0.15, 0.2) is 5.65 Å². The van der Waals surface area contributed by atoms with Crippen LogP contribution in [0.3, 0.4) is 0 Å². The summed E-state index contributed by atoms with van der Waals surface area (Å²) in [4.78, 5) is 21.4. The molecule has 0 aliphatic rings. The van der Waals surface area contributed by atoms with E-state index in [1.54, 1.807) is 12.1 Å². The summed E-state index contributed by atoms with van der Waals surface area (Å²) in [6.45, 7) is 0. The first-order valence-electron chi connectivity index (χ1n) is 3.96. The van der Waals surface area contributed by atoms with Gasteiger partial charge in [0.25, 0.3) is 0 Å². The minimum Gasteiger partial charge on any atom is -0.481 e. The third-order valence-electron chi connectivity index (χ3n) is 1.59. The lowest BCUT2D eigenvalue weighted by molar-refractivity contribution is -0.133. The van der Waals surface area contributed by atoms with E-state index in [2.05, 4.69) is 15.3 Å². The first kappa shape index (κ1) is 9.71. The Balaban J connectivity index is 2.33. The van der Waals surface area contributed by atoms with Crippen molar-refractivity contribution in [2.24, 2.45) is 0 Å². The number of carbonyl (C=O) groups is 1. The Morgan fingerprint density at radius 2 is 2.40 bits per heavy atom. The lowest BCUT2D eigenvalue weighted by Gasteiger charge is -1.96. The fourth-order valence-corrected chi connectivity index (χ4v) is 1.57. The van der Waals surface area contributed by atoms with Gasteiger partial charge < -0.3 is 5.11 Å². The van der Waals surface area contributed by atoms with E-state index < -0.39 is 11.7 Å². The molecular weight excluding hydrogens is 220 g/mol. The van der Waals surface area contributed by atoms with Crippen molar-refractivity contribution >= 4 is 23.4 Å². The van der Waals surface area contributed by atoms with E-state index >= 15 is 0 Å². The number of hydrogen-bond acceptors (Lipinski definition) is 5. The Labute approximate surface area is 87.1 Å². The van der Waals surface area contributed by atoms with Crippen LogP contribution < -0.4 is 5.69 Å². The van der Waals surface area contributed by atoms with E-state index in [-0.39, 0.29) is 5.75 Å². The van der Waals surface area contributed by atoms with Crippen LogP contribution in [0.5, 0.6) is 0 Å². The van der Waals surface area contributed by atoms with Gasteiger partial charge in [-0.15, -0.1) is 0 Å². The molecule has 0 aromatic carbocycles. The summed E-state index contributed by atoms with van der Waals surface area (Å²) in [6, 6.07) is 3.21. The normalized spacial score (nSPS) is 10.7. The summed E-state index contributed by atoms with van der Waals surface area (Å²) in [5, 5.41) is 18.8. The van der Waals surface area contributed by atoms with Crippen molar-refractivity contribution in [2.75, 3.05) is 5.75 Å². The molecule has 15 heavy (non-hydrogen) atoms. The molecule has 0 saturated heterocycles. The van der Waals surface area contributed by atoms with Crippen LogP contribution in [0.15, 0.2) is 22.0 Å². The molecule has 2 rings (SSSR count). The Kier molecular flexibility index (Phi) is 2.42. The molecule has 0 unspecified atom stereocenters. The topological polar surface area (TPSA) is 100 Å². The molecule has 0 spiro atoms. The van der Waals surface area contributed by atoms with Crippen LogP contribution in [0.1, 0.15) is 0 Å². The number of hydrogen-bond donors (Lipinski definition) is 2. The molecule has 0 bridgehead atoms. The van der Waals surface area contributed by atoms with E-state index in [1.807, 2.05) is 0 Å². The molecule has 2 heterocycles. The van der Waals surface area contributed by atoms with Crippen molar-refractivity contribution in [1.82, 2.24) is 19.8 Å². The van der Waals surface area contributed by atoms with Gasteiger partial charge in [0.05, 0.1) is 5.75 Å². The molecule has 78 valence electrons. The van der Waals surface area contributed by atoms with Gasteiger partial charge in [-0.3, -0.25) is 4.79 Å². The molecule has 0 radical (unpaired) electrons. The monoisotopic (exact) mass is 226 g/mol. The number of H-pyrrole nitrogens is 1. The van der Waals surface area contributed by atoms with Crippen molar-refractivity contribution in [3.05, 3.63) is 22.6 Å². The third-order valence-corrected chi connectivity index (χ3v) is 2.50. The van der Waals surface area contributed by atoms with Gasteiger partial charge in [0.2, 0.25) is 0 Å². The van der Waals surface area contributed by atoms with E-state index in [9.17, 15) is 9.59 Å². The number of nitrogens with zero attached hydrogens (tertiary/aromatic N) is 3. The highest BCUT2D eigenvalue weighted by Gasteiger charge is 2.04. The second-order valence-corrected chi connectivity index (χ2v) is 3.65. The molecule has 0 aliphatic carbocycles. The van der Waals surface area contributed by atoms with Crippen molar-refractivity contribution in [2.45, 2.75) is 5.03 Å². The Hall–Kier alpha value is -1.83. The number of carboxylic acid groups (broad SMARTS) is 1. The smallest absolute Gasteiger partial charge is 0.364 e. The van der Waals surface area contributed by atoms with E-state index in [4.69, 9.17) is 5.11 Å². The summed E-state index contributed by atoms with van der Waals surface area (Å²) in [5.74, 6) is -1.02. The number of aromatic amines is 1. The summed E-state index contributed by atoms with van der Waals surface area (Å²) in [6.07, 6.45) is 0. The fraction of sp³-hybridized carbons (Fsp3) is 0.143. The molecule has 2 N–H and O–H groups in total. The van der Waals surface area contributed by atoms with Gasteiger partial charge in [-0.2, -0.15) is 14.7 Å². The van der Waals surface area contributed by atoms with Crippen LogP contribution in [0.25, 0.3) is 5.65 Å². The van der Waals surface area contributed by atoms with Crippen LogP contribution in [0.2, 0.25) is 0 Å². The van der Waals surface area contributed by atoms with Gasteiger partial charge in [-0.1, -0.05) is 11.8 Å². The maximum atomic E-state index is 11.1. The average molecular weight is 226 g/mol. The largest absolute Gasteiger partial charge is 0.481 e. The van der Waals surface area contributed by atoms with Crippen molar-refractivity contribution in [3.63, 3.8) is 0 Å². The second kappa shape index (κ2) is 3.73. The molecule has 0 fully saturated rings. The number of thioether (sulfide) groups is 1. The molecule has 7 nitrogen and oxygen atoms in total. The molecule has 0 atom stereocenters. The number of fused-ring (bicyclic) bond motifs is 1. The fourth-order valence-electron chi connectivity index (χ4n) is 0.999. The predicted octanol–water partition coefficient (Wildman–Crippen LogP) is -0.406. The number of carboxylic acids is 1. The van der Waals surface area contributed by atoms with Gasteiger partial charge >= 0.3 is 11.7 Å². The molecule has 8 heteroatoms. The van der Waals surface area contributed by atoms with Crippen molar-refractivity contribution in [3.8, 4) is 0 Å². The molecule has 2 aromatic heterocycles. The minimum atomic E-state index is -0.929. The van der Waals surface area contributed by atoms with Crippen LogP contribution >= 0.6 is 11.8 Å². The van der Waals surface area contributed by atoms with E-state index in [0.29, 0.717) is 10.7 Å². The molecule has 0 aliphatic heterocycles. The van der Waals surface area contributed by atoms with Crippen LogP contribution in [0.4, 0.5) is 0 Å². The van der Waals surface area contributed by atoms with Gasteiger partial charge in [-0.25, -0.2) is 9.89 Å². The SMILES string of the molecule is O=C(O)CSc1ccc2n[nH]c(=O)n2n1. The lowest BCUT2D eigenvalue weighted by atomic mass is 10.6. The quantitative estimate of drug-likeness (QED) is 0.690. The number of nitrogens with one attached hydrogen (secondary N) is 1. The second-order valence-electron chi connectivity index (χ2n) is 2.65. The van der Waals surface area contributed by atoms with Crippen molar-refractivity contribution in [1.29, 1.82) is 0 Å². The van der Waals surface area contributed by atoms with E-state index in [1.165, 1.54) is 0 Å². The number of rotatable bonds is 3. The Morgan fingerprint density at radius 1 is 1.60 bits per heavy atom. The summed E-state index contributed by atoms with van der Waals surface area (Å²) in [5.41, 5.74) is -0.0394. The zero-order chi connectivity index (χ0) is 10.8. The Bertz CT molecular complexity index is 561. The average Bonchev–Trinajstić information content (AvgIpc) is 2.57. The molecule has 0 amide bonds. The number of aromatic nitrogens is 4. The van der Waals surface area contributed by atoms with Gasteiger partial charge in [0, 0.05) is 0 Å². The number of aliphatic carboxylic acids is 1. The summed E-state index contributed by atoms with van der Waals surface area (Å²) < 4.78 is 1.09. The zero-order valence-corrected chi connectivity index (χ0v) is 8.19. The molecular formula is C7H6N4O3S. The first-order valence-corrected chi connectivity index (χ1v) is 4.94. The van der Waals surface area contributed by atoms with Gasteiger partial charge in [0.1, 0.15) is 5.03 Å². The zero-order valence-electron chi connectivity index (χ0n) is 7.38. The lowest BCUT2D eigenvalue weighted by Crippen LogP contribution is -2.12. The predicted molar refractivity (Wildman–Crippen MR) is 52.0 cm³/mol. The van der Waals surface area contributed by atoms with Gasteiger partial charge in [-0.05, 0) is 12.1 Å². The minimum absolute atomic E-state index is 0.0922. The van der Waals surface area contributed by atoms with Crippen LogP contribution in [-0.2, 0) is 4.79 Å². The highest BCUT2D eigenvalue weighted by molar-refractivity contribution is 7.99.